The molecule has 0 bridgehead atoms. The van der Waals surface area contributed by atoms with Crippen LogP contribution in [0.4, 0.5) is 0 Å². The van der Waals surface area contributed by atoms with Crippen molar-refractivity contribution in [3.8, 4) is 11.5 Å². The molecule has 2 aromatic carbocycles. The number of Topliss-reactive ketones (excluding diaryl/α,β-unsaturated/α-hetero) is 1. The summed E-state index contributed by atoms with van der Waals surface area (Å²) < 4.78 is 10.8. The van der Waals surface area contributed by atoms with Gasteiger partial charge in [0.05, 0.1) is 0 Å². The third kappa shape index (κ3) is 3.68. The number of ether oxygens (including phenoxy) is 2. The molecule has 5 nitrogen and oxygen atoms in total. The molecular formula is C22H23NO4. The van der Waals surface area contributed by atoms with E-state index in [2.05, 4.69) is 13.0 Å². The summed E-state index contributed by atoms with van der Waals surface area (Å²) in [7, 11) is 0. The average molecular weight is 365 g/mol. The Hall–Kier alpha value is -2.82. The zero-order valence-corrected chi connectivity index (χ0v) is 15.4. The predicted molar refractivity (Wildman–Crippen MR) is 101 cm³/mol. The molecule has 0 N–H and O–H groups in total. The monoisotopic (exact) mass is 365 g/mol. The summed E-state index contributed by atoms with van der Waals surface area (Å²) in [6.07, 6.45) is 2.74. The molecule has 5 heteroatoms. The Morgan fingerprint density at radius 2 is 1.85 bits per heavy atom. The Morgan fingerprint density at radius 3 is 2.67 bits per heavy atom. The Bertz CT molecular complexity index is 864. The van der Waals surface area contributed by atoms with Gasteiger partial charge in [-0.1, -0.05) is 43.3 Å². The average Bonchev–Trinajstić information content (AvgIpc) is 3.15. The molecule has 1 fully saturated rings. The van der Waals surface area contributed by atoms with Crippen molar-refractivity contribution in [2.24, 2.45) is 5.41 Å². The number of carbonyl (C=O) groups is 2. The molecule has 140 valence electrons. The quantitative estimate of drug-likeness (QED) is 0.615. The summed E-state index contributed by atoms with van der Waals surface area (Å²) in [6.45, 7) is 3.66. The van der Waals surface area contributed by atoms with E-state index in [-0.39, 0.29) is 12.2 Å². The van der Waals surface area contributed by atoms with Crippen LogP contribution in [0.1, 0.15) is 35.7 Å². The highest BCUT2D eigenvalue weighted by atomic mass is 16.7. The maximum Gasteiger partial charge on any atom is 0.294 e. The van der Waals surface area contributed by atoms with Gasteiger partial charge in [-0.15, -0.1) is 0 Å². The Morgan fingerprint density at radius 1 is 1.07 bits per heavy atom. The first-order chi connectivity index (χ1) is 13.0. The summed E-state index contributed by atoms with van der Waals surface area (Å²) in [4.78, 5) is 27.0. The van der Waals surface area contributed by atoms with Crippen LogP contribution in [0.2, 0.25) is 0 Å². The number of likely N-dealkylation sites (tertiary alicyclic amines) is 1. The van der Waals surface area contributed by atoms with Crippen LogP contribution in [-0.2, 0) is 11.2 Å². The van der Waals surface area contributed by atoms with Crippen molar-refractivity contribution in [3.05, 3.63) is 59.7 Å². The fourth-order valence-corrected chi connectivity index (χ4v) is 4.03. The standard InChI is InChI=1S/C22H23NO4/c1-22(13-16-8-9-18-19(12-16)27-15-26-18)10-5-11-23(14-22)21(25)20(24)17-6-3-2-4-7-17/h2-4,6-9,12H,5,10-11,13-15H2,1H3/t22-/m0/s1. The van der Waals surface area contributed by atoms with Gasteiger partial charge in [0, 0.05) is 18.7 Å². The van der Waals surface area contributed by atoms with Crippen LogP contribution in [0.5, 0.6) is 11.5 Å². The number of piperidine rings is 1. The minimum atomic E-state index is -0.428. The number of hydrogen-bond donors (Lipinski definition) is 0. The molecule has 0 aromatic heterocycles. The van der Waals surface area contributed by atoms with Gasteiger partial charge in [-0.3, -0.25) is 9.59 Å². The largest absolute Gasteiger partial charge is 0.454 e. The Balaban J connectivity index is 1.46. The number of rotatable bonds is 4. The number of hydrogen-bond acceptors (Lipinski definition) is 4. The van der Waals surface area contributed by atoms with Gasteiger partial charge in [0.25, 0.3) is 5.91 Å². The van der Waals surface area contributed by atoms with Crippen molar-refractivity contribution in [2.45, 2.75) is 26.2 Å². The van der Waals surface area contributed by atoms with E-state index in [0.29, 0.717) is 18.7 Å². The molecule has 0 spiro atoms. The second-order valence-electron chi connectivity index (χ2n) is 7.70. The number of fused-ring (bicyclic) bond motifs is 1. The molecule has 0 radical (unpaired) electrons. The van der Waals surface area contributed by atoms with E-state index in [1.807, 2.05) is 18.2 Å². The van der Waals surface area contributed by atoms with Crippen LogP contribution in [0.15, 0.2) is 48.5 Å². The van der Waals surface area contributed by atoms with E-state index in [4.69, 9.17) is 9.47 Å². The zero-order valence-electron chi connectivity index (χ0n) is 15.4. The maximum absolute atomic E-state index is 12.7. The summed E-state index contributed by atoms with van der Waals surface area (Å²) in [5.41, 5.74) is 1.54. The lowest BCUT2D eigenvalue weighted by Gasteiger charge is -2.40. The van der Waals surface area contributed by atoms with Gasteiger partial charge in [0.1, 0.15) is 0 Å². The van der Waals surface area contributed by atoms with Gasteiger partial charge < -0.3 is 14.4 Å². The predicted octanol–water partition coefficient (Wildman–Crippen LogP) is 3.47. The van der Waals surface area contributed by atoms with Crippen LogP contribution in [0.3, 0.4) is 0 Å². The first kappa shape index (κ1) is 17.6. The van der Waals surface area contributed by atoms with Crippen molar-refractivity contribution in [2.75, 3.05) is 19.9 Å². The molecule has 2 aliphatic heterocycles. The normalized spacial score (nSPS) is 21.1. The van der Waals surface area contributed by atoms with Gasteiger partial charge in [0.2, 0.25) is 12.6 Å². The van der Waals surface area contributed by atoms with Gasteiger partial charge in [0.15, 0.2) is 11.5 Å². The zero-order chi connectivity index (χ0) is 18.9. The van der Waals surface area contributed by atoms with Gasteiger partial charge in [-0.2, -0.15) is 0 Å². The van der Waals surface area contributed by atoms with E-state index < -0.39 is 11.7 Å². The van der Waals surface area contributed by atoms with E-state index in [1.54, 1.807) is 29.2 Å². The summed E-state index contributed by atoms with van der Waals surface area (Å²) in [5, 5.41) is 0. The molecule has 2 aromatic rings. The minimum absolute atomic E-state index is 0.0709. The maximum atomic E-state index is 12.7. The molecule has 4 rings (SSSR count). The molecule has 0 unspecified atom stereocenters. The van der Waals surface area contributed by atoms with Crippen molar-refractivity contribution in [1.29, 1.82) is 0 Å². The van der Waals surface area contributed by atoms with Gasteiger partial charge in [-0.25, -0.2) is 0 Å². The fraction of sp³-hybridized carbons (Fsp3) is 0.364. The molecule has 0 saturated carbocycles. The number of nitrogens with zero attached hydrogens (tertiary/aromatic N) is 1. The van der Waals surface area contributed by atoms with E-state index in [1.165, 1.54) is 0 Å². The second kappa shape index (κ2) is 7.06. The van der Waals surface area contributed by atoms with Gasteiger partial charge >= 0.3 is 0 Å². The number of ketones is 1. The number of amides is 1. The lowest BCUT2D eigenvalue weighted by Crippen LogP contribution is -2.48. The third-order valence-corrected chi connectivity index (χ3v) is 5.37. The van der Waals surface area contributed by atoms with Gasteiger partial charge in [-0.05, 0) is 42.4 Å². The highest BCUT2D eigenvalue weighted by Crippen LogP contribution is 2.37. The fourth-order valence-electron chi connectivity index (χ4n) is 4.03. The Kier molecular flexibility index (Phi) is 4.60. The number of benzene rings is 2. The van der Waals surface area contributed by atoms with E-state index in [9.17, 15) is 9.59 Å². The summed E-state index contributed by atoms with van der Waals surface area (Å²) in [6, 6.07) is 14.8. The molecule has 1 atom stereocenters. The van der Waals surface area contributed by atoms with Crippen LogP contribution < -0.4 is 9.47 Å². The molecule has 1 saturated heterocycles. The summed E-state index contributed by atoms with van der Waals surface area (Å²) in [5.74, 6) is 0.720. The molecule has 27 heavy (non-hydrogen) atoms. The highest BCUT2D eigenvalue weighted by molar-refractivity contribution is 6.42. The smallest absolute Gasteiger partial charge is 0.294 e. The SMILES string of the molecule is C[C@@]1(Cc2ccc3c(c2)OCO3)CCCN(C(=O)C(=O)c2ccccc2)C1. The first-order valence-corrected chi connectivity index (χ1v) is 9.31. The molecule has 0 aliphatic carbocycles. The minimum Gasteiger partial charge on any atom is -0.454 e. The van der Waals surface area contributed by atoms with Crippen LogP contribution in [-0.4, -0.2) is 36.5 Å². The van der Waals surface area contributed by atoms with Crippen molar-refractivity contribution >= 4 is 11.7 Å². The van der Waals surface area contributed by atoms with Crippen molar-refractivity contribution in [3.63, 3.8) is 0 Å². The van der Waals surface area contributed by atoms with E-state index in [0.717, 1.165) is 36.3 Å². The van der Waals surface area contributed by atoms with Crippen LogP contribution in [0.25, 0.3) is 0 Å². The second-order valence-corrected chi connectivity index (χ2v) is 7.70. The van der Waals surface area contributed by atoms with Crippen molar-refractivity contribution < 1.29 is 19.1 Å². The Labute approximate surface area is 158 Å². The van der Waals surface area contributed by atoms with Crippen LogP contribution >= 0.6 is 0 Å². The lowest BCUT2D eigenvalue weighted by atomic mass is 9.76. The number of carbonyl (C=O) groups excluding carboxylic acids is 2. The topological polar surface area (TPSA) is 55.8 Å². The molecule has 2 aliphatic rings. The highest BCUT2D eigenvalue weighted by Gasteiger charge is 2.35. The molecule has 2 heterocycles. The third-order valence-electron chi connectivity index (χ3n) is 5.37. The van der Waals surface area contributed by atoms with Crippen molar-refractivity contribution in [1.82, 2.24) is 4.90 Å². The molecular weight excluding hydrogens is 342 g/mol. The first-order valence-electron chi connectivity index (χ1n) is 9.31. The molecule has 1 amide bonds. The van der Waals surface area contributed by atoms with Crippen LogP contribution in [0, 0.1) is 5.41 Å². The summed E-state index contributed by atoms with van der Waals surface area (Å²) >= 11 is 0. The lowest BCUT2D eigenvalue weighted by molar-refractivity contribution is -0.129. The van der Waals surface area contributed by atoms with E-state index >= 15 is 0 Å².